The molecule has 2 rings (SSSR count). The summed E-state index contributed by atoms with van der Waals surface area (Å²) in [5.74, 6) is -0.170. The molecule has 3 nitrogen and oxygen atoms in total. The lowest BCUT2D eigenvalue weighted by Crippen LogP contribution is -2.13. The lowest BCUT2D eigenvalue weighted by Gasteiger charge is -2.07. The molecule has 1 N–H and O–H groups in total. The first-order valence-corrected chi connectivity index (χ1v) is 5.63. The summed E-state index contributed by atoms with van der Waals surface area (Å²) in [7, 11) is 0. The molecule has 0 heterocycles. The molecule has 18 heavy (non-hydrogen) atoms. The minimum absolute atomic E-state index is 0.170. The van der Waals surface area contributed by atoms with Crippen LogP contribution in [0.15, 0.2) is 48.5 Å². The molecular formula is C15H13NO2. The fourth-order valence-corrected chi connectivity index (χ4v) is 1.72. The lowest BCUT2D eigenvalue weighted by atomic mass is 10.1. The molecule has 1 amide bonds. The van der Waals surface area contributed by atoms with Gasteiger partial charge in [0, 0.05) is 16.8 Å². The maximum Gasteiger partial charge on any atom is 0.255 e. The minimum Gasteiger partial charge on any atom is -0.322 e. The largest absolute Gasteiger partial charge is 0.322 e. The lowest BCUT2D eigenvalue weighted by molar-refractivity contribution is 0.102. The Hall–Kier alpha value is -2.42. The number of rotatable bonds is 3. The Kier molecular flexibility index (Phi) is 3.53. The number of amides is 1. The third-order valence-electron chi connectivity index (χ3n) is 2.67. The number of anilines is 1. The highest BCUT2D eigenvalue weighted by Crippen LogP contribution is 2.13. The fraction of sp³-hybridized carbons (Fsp3) is 0.0667. The van der Waals surface area contributed by atoms with Gasteiger partial charge in [-0.25, -0.2) is 0 Å². The highest BCUT2D eigenvalue weighted by atomic mass is 16.1. The summed E-state index contributed by atoms with van der Waals surface area (Å²) < 4.78 is 0. The van der Waals surface area contributed by atoms with Crippen LogP contribution in [-0.4, -0.2) is 12.2 Å². The van der Waals surface area contributed by atoms with E-state index < -0.39 is 0 Å². The van der Waals surface area contributed by atoms with Crippen molar-refractivity contribution >= 4 is 17.9 Å². The van der Waals surface area contributed by atoms with E-state index in [1.54, 1.807) is 30.3 Å². The molecule has 0 aliphatic carbocycles. The summed E-state index contributed by atoms with van der Waals surface area (Å²) in [6, 6.07) is 14.2. The number of carbonyl (C=O) groups excluding carboxylic acids is 2. The summed E-state index contributed by atoms with van der Waals surface area (Å²) in [6.45, 7) is 1.89. The van der Waals surface area contributed by atoms with Crippen molar-refractivity contribution in [2.75, 3.05) is 5.32 Å². The molecule has 0 saturated heterocycles. The standard InChI is InChI=1S/C15H13NO2/c1-11-5-2-3-8-14(11)15(18)16-13-7-4-6-12(9-13)10-17/h2-10H,1H3,(H,16,18). The van der Waals surface area contributed by atoms with Crippen molar-refractivity contribution in [3.63, 3.8) is 0 Å². The normalized spacial score (nSPS) is 9.83. The van der Waals surface area contributed by atoms with Crippen LogP contribution in [0.25, 0.3) is 0 Å². The van der Waals surface area contributed by atoms with Crippen molar-refractivity contribution in [2.24, 2.45) is 0 Å². The predicted molar refractivity (Wildman–Crippen MR) is 71.0 cm³/mol. The second-order valence-electron chi connectivity index (χ2n) is 4.01. The molecule has 0 aliphatic rings. The van der Waals surface area contributed by atoms with Crippen molar-refractivity contribution in [3.05, 3.63) is 65.2 Å². The topological polar surface area (TPSA) is 46.2 Å². The van der Waals surface area contributed by atoms with Crippen molar-refractivity contribution in [3.8, 4) is 0 Å². The van der Waals surface area contributed by atoms with Gasteiger partial charge in [-0.2, -0.15) is 0 Å². The minimum atomic E-state index is -0.170. The molecule has 0 aliphatic heterocycles. The average molecular weight is 239 g/mol. The summed E-state index contributed by atoms with van der Waals surface area (Å²) in [5.41, 5.74) is 2.71. The first kappa shape index (κ1) is 12.0. The number of hydrogen-bond donors (Lipinski definition) is 1. The number of aryl methyl sites for hydroxylation is 1. The Morgan fingerprint density at radius 3 is 2.61 bits per heavy atom. The molecule has 0 spiro atoms. The summed E-state index contributed by atoms with van der Waals surface area (Å²) in [6.07, 6.45) is 0.753. The molecule has 90 valence electrons. The van der Waals surface area contributed by atoms with Gasteiger partial charge in [0.15, 0.2) is 0 Å². The Labute approximate surface area is 105 Å². The van der Waals surface area contributed by atoms with E-state index in [9.17, 15) is 9.59 Å². The van der Waals surface area contributed by atoms with Crippen molar-refractivity contribution in [2.45, 2.75) is 6.92 Å². The van der Waals surface area contributed by atoms with Crippen molar-refractivity contribution < 1.29 is 9.59 Å². The van der Waals surface area contributed by atoms with E-state index in [2.05, 4.69) is 5.32 Å². The smallest absolute Gasteiger partial charge is 0.255 e. The zero-order valence-electron chi connectivity index (χ0n) is 10.0. The Morgan fingerprint density at radius 1 is 1.11 bits per heavy atom. The first-order valence-electron chi connectivity index (χ1n) is 5.63. The van der Waals surface area contributed by atoms with Gasteiger partial charge in [-0.3, -0.25) is 9.59 Å². The van der Waals surface area contributed by atoms with Gasteiger partial charge in [0.05, 0.1) is 0 Å². The third kappa shape index (κ3) is 2.63. The molecule has 0 fully saturated rings. The maximum absolute atomic E-state index is 12.0. The second-order valence-corrected chi connectivity index (χ2v) is 4.01. The van der Waals surface area contributed by atoms with Gasteiger partial charge < -0.3 is 5.32 Å². The number of hydrogen-bond acceptors (Lipinski definition) is 2. The second kappa shape index (κ2) is 5.27. The van der Waals surface area contributed by atoms with Gasteiger partial charge >= 0.3 is 0 Å². The van der Waals surface area contributed by atoms with Gasteiger partial charge in [0.2, 0.25) is 0 Å². The highest BCUT2D eigenvalue weighted by Gasteiger charge is 2.08. The molecular weight excluding hydrogens is 226 g/mol. The summed E-state index contributed by atoms with van der Waals surface area (Å²) in [4.78, 5) is 22.7. The van der Waals surface area contributed by atoms with E-state index >= 15 is 0 Å². The quantitative estimate of drug-likeness (QED) is 0.837. The van der Waals surface area contributed by atoms with E-state index in [1.807, 2.05) is 25.1 Å². The number of aldehydes is 1. The zero-order valence-corrected chi connectivity index (χ0v) is 10.0. The van der Waals surface area contributed by atoms with Crippen LogP contribution in [0.5, 0.6) is 0 Å². The van der Waals surface area contributed by atoms with Crippen LogP contribution >= 0.6 is 0 Å². The van der Waals surface area contributed by atoms with Gasteiger partial charge in [-0.05, 0) is 30.7 Å². The van der Waals surface area contributed by atoms with Crippen LogP contribution in [0.4, 0.5) is 5.69 Å². The molecule has 0 aromatic heterocycles. The van der Waals surface area contributed by atoms with E-state index in [0.717, 1.165) is 11.8 Å². The molecule has 0 bridgehead atoms. The number of nitrogens with one attached hydrogen (secondary N) is 1. The van der Waals surface area contributed by atoms with Crippen LogP contribution in [0.3, 0.4) is 0 Å². The van der Waals surface area contributed by atoms with Gasteiger partial charge in [0.25, 0.3) is 5.91 Å². The Morgan fingerprint density at radius 2 is 1.89 bits per heavy atom. The number of benzene rings is 2. The van der Waals surface area contributed by atoms with Gasteiger partial charge in [-0.1, -0.05) is 30.3 Å². The van der Waals surface area contributed by atoms with Crippen molar-refractivity contribution in [1.82, 2.24) is 0 Å². The van der Waals surface area contributed by atoms with E-state index in [1.165, 1.54) is 0 Å². The van der Waals surface area contributed by atoms with E-state index in [0.29, 0.717) is 16.8 Å². The summed E-state index contributed by atoms with van der Waals surface area (Å²) >= 11 is 0. The zero-order chi connectivity index (χ0) is 13.0. The molecule has 3 heteroatoms. The SMILES string of the molecule is Cc1ccccc1C(=O)Nc1cccc(C=O)c1. The number of carbonyl (C=O) groups is 2. The van der Waals surface area contributed by atoms with Crippen LogP contribution in [0.1, 0.15) is 26.3 Å². The molecule has 0 radical (unpaired) electrons. The molecule has 0 unspecified atom stereocenters. The first-order chi connectivity index (χ1) is 8.70. The Balaban J connectivity index is 2.21. The van der Waals surface area contributed by atoms with Crippen LogP contribution < -0.4 is 5.32 Å². The molecule has 0 saturated carbocycles. The van der Waals surface area contributed by atoms with E-state index in [-0.39, 0.29) is 5.91 Å². The fourth-order valence-electron chi connectivity index (χ4n) is 1.72. The van der Waals surface area contributed by atoms with Gasteiger partial charge in [0.1, 0.15) is 6.29 Å². The molecule has 2 aromatic carbocycles. The van der Waals surface area contributed by atoms with Crippen LogP contribution in [0, 0.1) is 6.92 Å². The molecule has 0 atom stereocenters. The van der Waals surface area contributed by atoms with E-state index in [4.69, 9.17) is 0 Å². The van der Waals surface area contributed by atoms with Crippen LogP contribution in [-0.2, 0) is 0 Å². The monoisotopic (exact) mass is 239 g/mol. The molecule has 2 aromatic rings. The van der Waals surface area contributed by atoms with Crippen LogP contribution in [0.2, 0.25) is 0 Å². The Bertz CT molecular complexity index is 591. The average Bonchev–Trinajstić information content (AvgIpc) is 2.39. The predicted octanol–water partition coefficient (Wildman–Crippen LogP) is 3.06. The highest BCUT2D eigenvalue weighted by molar-refractivity contribution is 6.05. The summed E-state index contributed by atoms with van der Waals surface area (Å²) in [5, 5.41) is 2.78. The third-order valence-corrected chi connectivity index (χ3v) is 2.67. The van der Waals surface area contributed by atoms with Crippen molar-refractivity contribution in [1.29, 1.82) is 0 Å². The van der Waals surface area contributed by atoms with Gasteiger partial charge in [-0.15, -0.1) is 0 Å². The maximum atomic E-state index is 12.0.